The first-order valence-corrected chi connectivity index (χ1v) is 8.26. The molecule has 2 aliphatic heterocycles. The summed E-state index contributed by atoms with van der Waals surface area (Å²) in [5.41, 5.74) is 1.03. The Bertz CT molecular complexity index is 770. The van der Waals surface area contributed by atoms with Crippen molar-refractivity contribution in [3.05, 3.63) is 42.5 Å². The molecule has 0 radical (unpaired) electrons. The van der Waals surface area contributed by atoms with Crippen molar-refractivity contribution in [2.24, 2.45) is 0 Å². The second-order valence-electron chi connectivity index (χ2n) is 6.98. The Labute approximate surface area is 140 Å². The van der Waals surface area contributed by atoms with E-state index in [-0.39, 0.29) is 11.9 Å². The van der Waals surface area contributed by atoms with Crippen molar-refractivity contribution in [1.29, 1.82) is 0 Å². The Kier molecular flexibility index (Phi) is 3.38. The molecule has 1 N–H and O–H groups in total. The van der Waals surface area contributed by atoms with E-state index >= 15 is 0 Å². The maximum absolute atomic E-state index is 12.3. The van der Waals surface area contributed by atoms with Crippen LogP contribution >= 0.6 is 0 Å². The van der Waals surface area contributed by atoms with Gasteiger partial charge in [-0.05, 0) is 38.5 Å². The molecule has 1 aromatic carbocycles. The SMILES string of the molecule is CC1(C)Oc2ccc(-n3ccnc3)cc2C(N2CCCC2=O)C1O. The Hall–Kier alpha value is -2.34. The Morgan fingerprint density at radius 2 is 2.21 bits per heavy atom. The minimum absolute atomic E-state index is 0.0933. The predicted molar refractivity (Wildman–Crippen MR) is 88.0 cm³/mol. The Morgan fingerprint density at radius 1 is 1.38 bits per heavy atom. The molecule has 2 aliphatic rings. The third-order valence-corrected chi connectivity index (χ3v) is 4.94. The molecule has 24 heavy (non-hydrogen) atoms. The summed E-state index contributed by atoms with van der Waals surface area (Å²) < 4.78 is 7.91. The van der Waals surface area contributed by atoms with Crippen LogP contribution < -0.4 is 4.74 Å². The van der Waals surface area contributed by atoms with Crippen LogP contribution in [0.15, 0.2) is 36.9 Å². The third kappa shape index (κ3) is 2.29. The van der Waals surface area contributed by atoms with Crippen LogP contribution in [0.3, 0.4) is 0 Å². The van der Waals surface area contributed by atoms with Crippen LogP contribution in [0.25, 0.3) is 5.69 Å². The van der Waals surface area contributed by atoms with E-state index in [9.17, 15) is 9.90 Å². The number of aromatic nitrogens is 2. The molecule has 1 fully saturated rings. The summed E-state index contributed by atoms with van der Waals surface area (Å²) in [5, 5.41) is 10.9. The molecular weight excluding hydrogens is 306 g/mol. The first kappa shape index (κ1) is 15.2. The summed E-state index contributed by atoms with van der Waals surface area (Å²) in [6.45, 7) is 4.39. The van der Waals surface area contributed by atoms with Gasteiger partial charge >= 0.3 is 0 Å². The number of aliphatic hydroxyl groups is 1. The number of likely N-dealkylation sites (tertiary alicyclic amines) is 1. The first-order chi connectivity index (χ1) is 11.5. The van der Waals surface area contributed by atoms with Crippen molar-refractivity contribution < 1.29 is 14.6 Å². The van der Waals surface area contributed by atoms with Crippen LogP contribution in [-0.4, -0.2) is 43.7 Å². The molecule has 6 heteroatoms. The van der Waals surface area contributed by atoms with Gasteiger partial charge in [0.05, 0.1) is 12.4 Å². The van der Waals surface area contributed by atoms with E-state index in [0.717, 1.165) is 23.4 Å². The van der Waals surface area contributed by atoms with E-state index in [1.54, 1.807) is 17.4 Å². The number of hydrogen-bond acceptors (Lipinski definition) is 4. The minimum Gasteiger partial charge on any atom is -0.485 e. The number of rotatable bonds is 2. The maximum Gasteiger partial charge on any atom is 0.223 e. The highest BCUT2D eigenvalue weighted by atomic mass is 16.5. The lowest BCUT2D eigenvalue weighted by molar-refractivity contribution is -0.139. The van der Waals surface area contributed by atoms with Gasteiger partial charge in [0.1, 0.15) is 17.5 Å². The summed E-state index contributed by atoms with van der Waals surface area (Å²) in [6.07, 6.45) is 5.89. The van der Waals surface area contributed by atoms with Gasteiger partial charge in [-0.25, -0.2) is 4.98 Å². The highest BCUT2D eigenvalue weighted by Crippen LogP contribution is 2.44. The van der Waals surface area contributed by atoms with Gasteiger partial charge in [-0.3, -0.25) is 4.79 Å². The monoisotopic (exact) mass is 327 g/mol. The zero-order valence-corrected chi connectivity index (χ0v) is 13.8. The number of fused-ring (bicyclic) bond motifs is 1. The molecule has 2 aromatic rings. The molecular formula is C18H21N3O3. The topological polar surface area (TPSA) is 67.6 Å². The summed E-state index contributed by atoms with van der Waals surface area (Å²) in [6, 6.07) is 5.46. The highest BCUT2D eigenvalue weighted by molar-refractivity contribution is 5.79. The summed E-state index contributed by atoms with van der Waals surface area (Å²) in [4.78, 5) is 18.2. The van der Waals surface area contributed by atoms with E-state index in [2.05, 4.69) is 4.98 Å². The molecule has 1 aromatic heterocycles. The van der Waals surface area contributed by atoms with Gasteiger partial charge in [0.25, 0.3) is 0 Å². The highest BCUT2D eigenvalue weighted by Gasteiger charge is 2.47. The Balaban J connectivity index is 1.83. The van der Waals surface area contributed by atoms with Crippen molar-refractivity contribution in [3.63, 3.8) is 0 Å². The molecule has 2 atom stereocenters. The molecule has 0 spiro atoms. The van der Waals surface area contributed by atoms with Crippen LogP contribution in [0.4, 0.5) is 0 Å². The fraction of sp³-hybridized carbons (Fsp3) is 0.444. The fourth-order valence-electron chi connectivity index (χ4n) is 3.63. The fourth-order valence-corrected chi connectivity index (χ4v) is 3.63. The minimum atomic E-state index is -0.787. The first-order valence-electron chi connectivity index (χ1n) is 8.26. The molecule has 0 bridgehead atoms. The van der Waals surface area contributed by atoms with E-state index in [1.807, 2.05) is 42.8 Å². The molecule has 1 saturated heterocycles. The molecule has 2 unspecified atom stereocenters. The number of ether oxygens (including phenoxy) is 1. The number of aliphatic hydroxyl groups excluding tert-OH is 1. The van der Waals surface area contributed by atoms with Crippen molar-refractivity contribution in [3.8, 4) is 11.4 Å². The van der Waals surface area contributed by atoms with Crippen molar-refractivity contribution in [2.45, 2.75) is 44.4 Å². The molecule has 4 rings (SSSR count). The van der Waals surface area contributed by atoms with Gasteiger partial charge in [0, 0.05) is 36.6 Å². The second kappa shape index (κ2) is 5.34. The number of carbonyl (C=O) groups is 1. The van der Waals surface area contributed by atoms with Crippen LogP contribution in [0.5, 0.6) is 5.75 Å². The standard InChI is InChI=1S/C18H21N3O3/c1-18(2)17(23)16(21-8-3-4-15(21)22)13-10-12(5-6-14(13)24-18)20-9-7-19-11-20/h5-7,9-11,16-17,23H,3-4,8H2,1-2H3. The van der Waals surface area contributed by atoms with Crippen molar-refractivity contribution in [1.82, 2.24) is 14.5 Å². The van der Waals surface area contributed by atoms with Crippen molar-refractivity contribution >= 4 is 5.91 Å². The summed E-state index contributed by atoms with van der Waals surface area (Å²) in [5.74, 6) is 0.814. The number of imidazole rings is 1. The summed E-state index contributed by atoms with van der Waals surface area (Å²) >= 11 is 0. The average Bonchev–Trinajstić information content (AvgIpc) is 3.20. The lowest BCUT2D eigenvalue weighted by atomic mass is 9.85. The number of benzene rings is 1. The summed E-state index contributed by atoms with van der Waals surface area (Å²) in [7, 11) is 0. The molecule has 6 nitrogen and oxygen atoms in total. The third-order valence-electron chi connectivity index (χ3n) is 4.94. The molecule has 0 saturated carbocycles. The van der Waals surface area contributed by atoms with Gasteiger partial charge in [0.2, 0.25) is 5.91 Å². The number of carbonyl (C=O) groups excluding carboxylic acids is 1. The molecule has 0 aliphatic carbocycles. The molecule has 3 heterocycles. The quantitative estimate of drug-likeness (QED) is 0.917. The van der Waals surface area contributed by atoms with E-state index < -0.39 is 11.7 Å². The van der Waals surface area contributed by atoms with Gasteiger partial charge in [-0.15, -0.1) is 0 Å². The van der Waals surface area contributed by atoms with Crippen molar-refractivity contribution in [2.75, 3.05) is 6.54 Å². The van der Waals surface area contributed by atoms with Gasteiger partial charge in [0.15, 0.2) is 0 Å². The zero-order valence-electron chi connectivity index (χ0n) is 13.8. The van der Waals surface area contributed by atoms with Crippen LogP contribution in [0.1, 0.15) is 38.3 Å². The Morgan fingerprint density at radius 3 is 2.88 bits per heavy atom. The van der Waals surface area contributed by atoms with Gasteiger partial charge < -0.3 is 19.3 Å². The largest absolute Gasteiger partial charge is 0.485 e. The number of nitrogens with zero attached hydrogens (tertiary/aromatic N) is 3. The lowest BCUT2D eigenvalue weighted by Gasteiger charge is -2.45. The van der Waals surface area contributed by atoms with Crippen LogP contribution in [-0.2, 0) is 4.79 Å². The normalized spacial score (nSPS) is 25.5. The van der Waals surface area contributed by atoms with E-state index in [4.69, 9.17) is 4.74 Å². The van der Waals surface area contributed by atoms with Crippen LogP contribution in [0.2, 0.25) is 0 Å². The second-order valence-corrected chi connectivity index (χ2v) is 6.98. The van der Waals surface area contributed by atoms with Crippen LogP contribution in [0, 0.1) is 0 Å². The smallest absolute Gasteiger partial charge is 0.223 e. The molecule has 126 valence electrons. The van der Waals surface area contributed by atoms with E-state index in [1.165, 1.54) is 0 Å². The van der Waals surface area contributed by atoms with E-state index in [0.29, 0.717) is 13.0 Å². The number of hydrogen-bond donors (Lipinski definition) is 1. The zero-order chi connectivity index (χ0) is 16.9. The maximum atomic E-state index is 12.3. The lowest BCUT2D eigenvalue weighted by Crippen LogP contribution is -2.53. The predicted octanol–water partition coefficient (Wildman–Crippen LogP) is 2.07. The van der Waals surface area contributed by atoms with Gasteiger partial charge in [-0.1, -0.05) is 0 Å². The molecule has 1 amide bonds. The average molecular weight is 327 g/mol. The number of amides is 1. The van der Waals surface area contributed by atoms with Gasteiger partial charge in [-0.2, -0.15) is 0 Å².